The Hall–Kier alpha value is -1.13. The van der Waals surface area contributed by atoms with Crippen LogP contribution in [0.1, 0.15) is 72.6 Å². The summed E-state index contributed by atoms with van der Waals surface area (Å²) in [5.74, 6) is 0.738. The van der Waals surface area contributed by atoms with Crippen molar-refractivity contribution in [2.45, 2.75) is 78.7 Å². The molecule has 2 aliphatic carbocycles. The Balaban J connectivity index is 2.03. The number of rotatable bonds is 7. The third-order valence-corrected chi connectivity index (χ3v) is 7.20. The van der Waals surface area contributed by atoms with Crippen LogP contribution in [0.25, 0.3) is 0 Å². The van der Waals surface area contributed by atoms with Crippen LogP contribution in [-0.2, 0) is 9.53 Å². The molecule has 0 spiro atoms. The van der Waals surface area contributed by atoms with E-state index < -0.39 is 12.1 Å². The number of aliphatic hydroxyl groups is 2. The molecule has 27 heavy (non-hydrogen) atoms. The fourth-order valence-electron chi connectivity index (χ4n) is 5.78. The molecule has 0 heterocycles. The standard InChI is InChI=1S/C23H38O4/c1-16(13-21(26)27-18(14-24)15-25)7-9-19-17(2)8-10-20-22(3,4)11-6-12-23(19,20)5/h13,18-20,24-25H,2,6-12,14-15H2,1,3-5H3/t19-,20-,23-/m1/s1. The van der Waals surface area contributed by atoms with Crippen molar-refractivity contribution in [3.05, 3.63) is 23.8 Å². The van der Waals surface area contributed by atoms with Gasteiger partial charge in [-0.15, -0.1) is 0 Å². The van der Waals surface area contributed by atoms with Crippen molar-refractivity contribution in [2.24, 2.45) is 22.7 Å². The molecule has 0 aromatic heterocycles. The highest BCUT2D eigenvalue weighted by Crippen LogP contribution is 2.61. The van der Waals surface area contributed by atoms with E-state index in [0.29, 0.717) is 16.7 Å². The molecule has 4 nitrogen and oxygen atoms in total. The van der Waals surface area contributed by atoms with E-state index in [-0.39, 0.29) is 13.2 Å². The number of allylic oxidation sites excluding steroid dienone is 2. The summed E-state index contributed by atoms with van der Waals surface area (Å²) in [4.78, 5) is 11.9. The maximum Gasteiger partial charge on any atom is 0.331 e. The SMILES string of the molecule is C=C1CC[C@@H]2C(C)(C)CCC[C@]2(C)[C@@H]1CCC(C)=CC(=O)OC(CO)CO. The molecule has 2 N–H and O–H groups in total. The molecule has 0 radical (unpaired) electrons. The van der Waals surface area contributed by atoms with Gasteiger partial charge in [0, 0.05) is 6.08 Å². The molecule has 3 atom stereocenters. The number of hydrogen-bond donors (Lipinski definition) is 2. The van der Waals surface area contributed by atoms with Gasteiger partial charge < -0.3 is 14.9 Å². The predicted molar refractivity (Wildman–Crippen MR) is 108 cm³/mol. The molecule has 0 bridgehead atoms. The molecule has 2 saturated carbocycles. The molecule has 2 rings (SSSR count). The molecule has 2 aliphatic rings. The van der Waals surface area contributed by atoms with Crippen molar-refractivity contribution in [3.63, 3.8) is 0 Å². The molecule has 4 heteroatoms. The zero-order chi connectivity index (χ0) is 20.2. The number of ether oxygens (including phenoxy) is 1. The van der Waals surface area contributed by atoms with E-state index in [2.05, 4.69) is 27.4 Å². The van der Waals surface area contributed by atoms with E-state index in [1.807, 2.05) is 6.92 Å². The Bertz CT molecular complexity index is 573. The van der Waals surface area contributed by atoms with E-state index in [9.17, 15) is 4.79 Å². The first-order valence-electron chi connectivity index (χ1n) is 10.4. The summed E-state index contributed by atoms with van der Waals surface area (Å²) in [6.07, 6.45) is 8.74. The van der Waals surface area contributed by atoms with E-state index in [0.717, 1.165) is 30.8 Å². The zero-order valence-corrected chi connectivity index (χ0v) is 17.6. The third kappa shape index (κ3) is 5.03. The van der Waals surface area contributed by atoms with Gasteiger partial charge in [-0.1, -0.05) is 44.9 Å². The van der Waals surface area contributed by atoms with Crippen LogP contribution in [0.4, 0.5) is 0 Å². The van der Waals surface area contributed by atoms with Crippen molar-refractivity contribution in [1.29, 1.82) is 0 Å². The highest BCUT2D eigenvalue weighted by Gasteiger charge is 2.52. The number of carbonyl (C=O) groups excluding carboxylic acids is 1. The Morgan fingerprint density at radius 2 is 1.96 bits per heavy atom. The van der Waals surface area contributed by atoms with Gasteiger partial charge in [-0.3, -0.25) is 0 Å². The molecule has 0 amide bonds. The average molecular weight is 379 g/mol. The van der Waals surface area contributed by atoms with Crippen molar-refractivity contribution >= 4 is 5.97 Å². The first kappa shape index (κ1) is 22.2. The molecular weight excluding hydrogens is 340 g/mol. The number of esters is 1. The number of fused-ring (bicyclic) bond motifs is 1. The Labute approximate surface area is 164 Å². The van der Waals surface area contributed by atoms with Crippen LogP contribution < -0.4 is 0 Å². The third-order valence-electron chi connectivity index (χ3n) is 7.20. The second-order valence-electron chi connectivity index (χ2n) is 9.60. The second-order valence-corrected chi connectivity index (χ2v) is 9.60. The quantitative estimate of drug-likeness (QED) is 0.391. The van der Waals surface area contributed by atoms with Gasteiger partial charge in [-0.2, -0.15) is 0 Å². The van der Waals surface area contributed by atoms with Gasteiger partial charge in [-0.25, -0.2) is 4.79 Å². The van der Waals surface area contributed by atoms with Crippen LogP contribution in [0.5, 0.6) is 0 Å². The molecule has 0 aromatic carbocycles. The van der Waals surface area contributed by atoms with Crippen LogP contribution >= 0.6 is 0 Å². The summed E-state index contributed by atoms with van der Waals surface area (Å²) < 4.78 is 5.03. The molecule has 0 unspecified atom stereocenters. The van der Waals surface area contributed by atoms with Gasteiger partial charge in [0.1, 0.15) is 6.10 Å². The molecule has 0 saturated heterocycles. The minimum absolute atomic E-state index is 0.302. The van der Waals surface area contributed by atoms with Gasteiger partial charge in [0.05, 0.1) is 13.2 Å². The lowest BCUT2D eigenvalue weighted by Gasteiger charge is -2.58. The van der Waals surface area contributed by atoms with Crippen LogP contribution in [0.15, 0.2) is 23.8 Å². The smallest absolute Gasteiger partial charge is 0.331 e. The molecule has 0 aromatic rings. The fourth-order valence-corrected chi connectivity index (χ4v) is 5.78. The lowest BCUT2D eigenvalue weighted by Crippen LogP contribution is -2.49. The van der Waals surface area contributed by atoms with Crippen LogP contribution in [0.3, 0.4) is 0 Å². The molecule has 0 aliphatic heterocycles. The largest absolute Gasteiger partial charge is 0.454 e. The Morgan fingerprint density at radius 1 is 1.30 bits per heavy atom. The molecule has 154 valence electrons. The topological polar surface area (TPSA) is 66.8 Å². The Kier molecular flexibility index (Phi) is 7.32. The fraction of sp³-hybridized carbons (Fsp3) is 0.783. The highest BCUT2D eigenvalue weighted by molar-refractivity contribution is 5.82. The normalized spacial score (nSPS) is 30.9. The van der Waals surface area contributed by atoms with E-state index in [1.54, 1.807) is 0 Å². The predicted octanol–water partition coefficient (Wildman–Crippen LogP) is 4.41. The summed E-state index contributed by atoms with van der Waals surface area (Å²) in [7, 11) is 0. The second kappa shape index (κ2) is 8.91. The lowest BCUT2D eigenvalue weighted by atomic mass is 9.47. The van der Waals surface area contributed by atoms with Gasteiger partial charge in [-0.05, 0) is 68.1 Å². The van der Waals surface area contributed by atoms with E-state index in [1.165, 1.54) is 37.3 Å². The molecular formula is C23H38O4. The first-order valence-corrected chi connectivity index (χ1v) is 10.4. The van der Waals surface area contributed by atoms with Gasteiger partial charge in [0.15, 0.2) is 0 Å². The minimum atomic E-state index is -0.844. The summed E-state index contributed by atoms with van der Waals surface area (Å²) in [5, 5.41) is 18.0. The average Bonchev–Trinajstić information content (AvgIpc) is 2.58. The van der Waals surface area contributed by atoms with E-state index in [4.69, 9.17) is 14.9 Å². The summed E-state index contributed by atoms with van der Waals surface area (Å²) in [6, 6.07) is 0. The number of aliphatic hydroxyl groups excluding tert-OH is 2. The zero-order valence-electron chi connectivity index (χ0n) is 17.6. The van der Waals surface area contributed by atoms with Crippen LogP contribution in [-0.4, -0.2) is 35.5 Å². The minimum Gasteiger partial charge on any atom is -0.454 e. The van der Waals surface area contributed by atoms with Crippen molar-refractivity contribution < 1.29 is 19.7 Å². The maximum atomic E-state index is 11.9. The van der Waals surface area contributed by atoms with Crippen LogP contribution in [0, 0.1) is 22.7 Å². The van der Waals surface area contributed by atoms with E-state index >= 15 is 0 Å². The number of carbonyl (C=O) groups is 1. The lowest BCUT2D eigenvalue weighted by molar-refractivity contribution is -0.147. The van der Waals surface area contributed by atoms with Crippen molar-refractivity contribution in [3.8, 4) is 0 Å². The summed E-state index contributed by atoms with van der Waals surface area (Å²) in [5.41, 5.74) is 3.05. The monoisotopic (exact) mass is 378 g/mol. The van der Waals surface area contributed by atoms with Crippen molar-refractivity contribution in [1.82, 2.24) is 0 Å². The summed E-state index contributed by atoms with van der Waals surface area (Å²) in [6.45, 7) is 13.0. The number of hydrogen-bond acceptors (Lipinski definition) is 4. The summed E-state index contributed by atoms with van der Waals surface area (Å²) >= 11 is 0. The van der Waals surface area contributed by atoms with Crippen molar-refractivity contribution in [2.75, 3.05) is 13.2 Å². The van der Waals surface area contributed by atoms with Gasteiger partial charge in [0.2, 0.25) is 0 Å². The van der Waals surface area contributed by atoms with Crippen LogP contribution in [0.2, 0.25) is 0 Å². The van der Waals surface area contributed by atoms with Gasteiger partial charge in [0.25, 0.3) is 0 Å². The maximum absolute atomic E-state index is 11.9. The highest BCUT2D eigenvalue weighted by atomic mass is 16.6. The molecule has 2 fully saturated rings. The van der Waals surface area contributed by atoms with Gasteiger partial charge >= 0.3 is 5.97 Å². The Morgan fingerprint density at radius 3 is 2.59 bits per heavy atom. The first-order chi connectivity index (χ1) is 12.6.